The lowest BCUT2D eigenvalue weighted by molar-refractivity contribution is -0.163. The molecule has 2 aromatic rings. The molecule has 0 radical (unpaired) electrons. The van der Waals surface area contributed by atoms with Crippen LogP contribution in [0.15, 0.2) is 30.3 Å². The van der Waals surface area contributed by atoms with Gasteiger partial charge in [0, 0.05) is 43.4 Å². The fourth-order valence-electron chi connectivity index (χ4n) is 4.81. The zero-order valence-electron chi connectivity index (χ0n) is 19.8. The third kappa shape index (κ3) is 5.84. The van der Waals surface area contributed by atoms with E-state index in [1.54, 1.807) is 0 Å². The van der Waals surface area contributed by atoms with Gasteiger partial charge >= 0.3 is 6.09 Å². The number of fused-ring (bicyclic) bond motifs is 1. The third-order valence-corrected chi connectivity index (χ3v) is 6.30. The van der Waals surface area contributed by atoms with Crippen molar-refractivity contribution >= 4 is 17.0 Å². The van der Waals surface area contributed by atoms with Crippen LogP contribution in [-0.4, -0.2) is 53.8 Å². The van der Waals surface area contributed by atoms with Crippen molar-refractivity contribution in [1.29, 1.82) is 0 Å². The number of ether oxygens (including phenoxy) is 3. The number of aromatic nitrogens is 1. The molecule has 1 aromatic carbocycles. The number of rotatable bonds is 6. The number of para-hydroxylation sites is 1. The van der Waals surface area contributed by atoms with Crippen LogP contribution < -0.4 is 0 Å². The van der Waals surface area contributed by atoms with Crippen molar-refractivity contribution in [2.45, 2.75) is 83.6 Å². The van der Waals surface area contributed by atoms with E-state index in [9.17, 15) is 4.79 Å². The number of piperidine rings is 1. The molecule has 2 fully saturated rings. The van der Waals surface area contributed by atoms with E-state index in [2.05, 4.69) is 34.9 Å². The molecule has 2 aliphatic heterocycles. The summed E-state index contributed by atoms with van der Waals surface area (Å²) in [6.07, 6.45) is 6.10. The predicted octanol–water partition coefficient (Wildman–Crippen LogP) is 5.69. The maximum atomic E-state index is 12.7. The first-order valence-corrected chi connectivity index (χ1v) is 12.2. The normalized spacial score (nSPS) is 22.3. The maximum Gasteiger partial charge on any atom is 0.410 e. The van der Waals surface area contributed by atoms with Crippen LogP contribution in [0.5, 0.6) is 0 Å². The molecule has 2 aliphatic rings. The molecule has 0 N–H and O–H groups in total. The number of hydrogen-bond acceptors (Lipinski definition) is 4. The highest BCUT2D eigenvalue weighted by Gasteiger charge is 2.30. The van der Waals surface area contributed by atoms with Crippen molar-refractivity contribution in [1.82, 2.24) is 9.47 Å². The molecular formula is C26H38N2O4. The third-order valence-electron chi connectivity index (χ3n) is 6.30. The van der Waals surface area contributed by atoms with Gasteiger partial charge in [0.15, 0.2) is 6.29 Å². The second-order valence-electron chi connectivity index (χ2n) is 10.1. The summed E-state index contributed by atoms with van der Waals surface area (Å²) in [5.74, 6) is 0.311. The zero-order valence-corrected chi connectivity index (χ0v) is 19.8. The number of benzene rings is 1. The minimum Gasteiger partial charge on any atom is -0.444 e. The van der Waals surface area contributed by atoms with Gasteiger partial charge in [-0.3, -0.25) is 0 Å². The van der Waals surface area contributed by atoms with Crippen LogP contribution in [0.25, 0.3) is 10.9 Å². The smallest absolute Gasteiger partial charge is 0.410 e. The second kappa shape index (κ2) is 10.3. The topological polar surface area (TPSA) is 52.9 Å². The molecule has 176 valence electrons. The Balaban J connectivity index is 1.45. The highest BCUT2D eigenvalue weighted by atomic mass is 16.7. The predicted molar refractivity (Wildman–Crippen MR) is 126 cm³/mol. The number of carbonyl (C=O) groups is 1. The average molecular weight is 443 g/mol. The lowest BCUT2D eigenvalue weighted by atomic mass is 9.94. The lowest BCUT2D eigenvalue weighted by Crippen LogP contribution is -2.42. The van der Waals surface area contributed by atoms with Crippen LogP contribution in [0.3, 0.4) is 0 Å². The molecule has 2 saturated heterocycles. The highest BCUT2D eigenvalue weighted by Crippen LogP contribution is 2.32. The van der Waals surface area contributed by atoms with Crippen molar-refractivity contribution in [3.8, 4) is 0 Å². The fraction of sp³-hybridized carbons (Fsp3) is 0.654. The molecule has 1 aromatic heterocycles. The van der Waals surface area contributed by atoms with Gasteiger partial charge in [-0.1, -0.05) is 18.2 Å². The van der Waals surface area contributed by atoms with E-state index in [1.165, 1.54) is 23.0 Å². The van der Waals surface area contributed by atoms with Crippen LogP contribution >= 0.6 is 0 Å². The molecule has 0 spiro atoms. The molecule has 3 heterocycles. The molecule has 1 amide bonds. The van der Waals surface area contributed by atoms with Gasteiger partial charge in [-0.25, -0.2) is 4.79 Å². The van der Waals surface area contributed by atoms with Gasteiger partial charge in [0.1, 0.15) is 5.60 Å². The van der Waals surface area contributed by atoms with Gasteiger partial charge in [0.2, 0.25) is 0 Å². The van der Waals surface area contributed by atoms with E-state index in [-0.39, 0.29) is 12.4 Å². The largest absolute Gasteiger partial charge is 0.444 e. The Bertz CT molecular complexity index is 895. The van der Waals surface area contributed by atoms with E-state index in [0.717, 1.165) is 51.8 Å². The van der Waals surface area contributed by atoms with E-state index in [0.29, 0.717) is 19.1 Å². The van der Waals surface area contributed by atoms with Crippen molar-refractivity contribution in [2.75, 3.05) is 26.3 Å². The summed E-state index contributed by atoms with van der Waals surface area (Å²) in [6, 6.07) is 10.9. The van der Waals surface area contributed by atoms with Gasteiger partial charge in [-0.05, 0) is 76.8 Å². The summed E-state index contributed by atoms with van der Waals surface area (Å²) in [6.45, 7) is 9.65. The molecule has 32 heavy (non-hydrogen) atoms. The number of carbonyl (C=O) groups excluding carboxylic acids is 1. The Morgan fingerprint density at radius 2 is 2.00 bits per heavy atom. The molecule has 2 atom stereocenters. The Hall–Kier alpha value is -2.05. The van der Waals surface area contributed by atoms with Crippen LogP contribution in [0, 0.1) is 0 Å². The molecule has 4 rings (SSSR count). The SMILES string of the molecule is CC(C)(C)OC(=O)N1CCCC(c2cc3ccccc3n2CCCOC2CCCCO2)C1. The van der Waals surface area contributed by atoms with Gasteiger partial charge < -0.3 is 23.7 Å². The van der Waals surface area contributed by atoms with Gasteiger partial charge in [-0.15, -0.1) is 0 Å². The summed E-state index contributed by atoms with van der Waals surface area (Å²) in [5.41, 5.74) is 2.10. The van der Waals surface area contributed by atoms with Crippen molar-refractivity contribution in [3.05, 3.63) is 36.0 Å². The van der Waals surface area contributed by atoms with Crippen molar-refractivity contribution in [3.63, 3.8) is 0 Å². The molecule has 0 saturated carbocycles. The first-order valence-electron chi connectivity index (χ1n) is 12.2. The molecule has 6 heteroatoms. The van der Waals surface area contributed by atoms with Gasteiger partial charge in [0.25, 0.3) is 0 Å². The number of nitrogens with zero attached hydrogens (tertiary/aromatic N) is 2. The minimum atomic E-state index is -0.471. The summed E-state index contributed by atoms with van der Waals surface area (Å²) in [7, 11) is 0. The highest BCUT2D eigenvalue weighted by molar-refractivity contribution is 5.81. The van der Waals surface area contributed by atoms with E-state index < -0.39 is 5.60 Å². The Labute approximate surface area is 191 Å². The summed E-state index contributed by atoms with van der Waals surface area (Å²) < 4.78 is 19.7. The van der Waals surface area contributed by atoms with E-state index in [1.807, 2.05) is 25.7 Å². The monoisotopic (exact) mass is 442 g/mol. The quantitative estimate of drug-likeness (QED) is 0.539. The van der Waals surface area contributed by atoms with Crippen LogP contribution in [-0.2, 0) is 20.8 Å². The van der Waals surface area contributed by atoms with E-state index in [4.69, 9.17) is 14.2 Å². The second-order valence-corrected chi connectivity index (χ2v) is 10.1. The summed E-state index contributed by atoms with van der Waals surface area (Å²) in [5, 5.41) is 1.26. The minimum absolute atomic E-state index is 0.0367. The molecule has 2 unspecified atom stereocenters. The number of aryl methyl sites for hydroxylation is 1. The standard InChI is InChI=1S/C26H38N2O4/c1-26(2,3)32-25(29)27-14-8-11-21(19-27)23-18-20-10-4-5-12-22(20)28(23)15-9-17-31-24-13-6-7-16-30-24/h4-5,10,12,18,21,24H,6-9,11,13-17,19H2,1-3H3. The Morgan fingerprint density at radius 1 is 1.16 bits per heavy atom. The van der Waals surface area contributed by atoms with Gasteiger partial charge in [-0.2, -0.15) is 0 Å². The summed E-state index contributed by atoms with van der Waals surface area (Å²) >= 11 is 0. The first kappa shape index (κ1) is 23.1. The van der Waals surface area contributed by atoms with Gasteiger partial charge in [0.05, 0.1) is 6.61 Å². The van der Waals surface area contributed by atoms with Crippen LogP contribution in [0.4, 0.5) is 4.79 Å². The average Bonchev–Trinajstić information content (AvgIpc) is 3.15. The van der Waals surface area contributed by atoms with Crippen LogP contribution in [0.2, 0.25) is 0 Å². The van der Waals surface area contributed by atoms with Crippen molar-refractivity contribution in [2.24, 2.45) is 0 Å². The lowest BCUT2D eigenvalue weighted by Gasteiger charge is -2.34. The van der Waals surface area contributed by atoms with Crippen LogP contribution in [0.1, 0.15) is 70.9 Å². The Morgan fingerprint density at radius 3 is 2.78 bits per heavy atom. The van der Waals surface area contributed by atoms with E-state index >= 15 is 0 Å². The fourth-order valence-corrected chi connectivity index (χ4v) is 4.81. The Kier molecular flexibility index (Phi) is 7.41. The number of amides is 1. The number of likely N-dealkylation sites (tertiary alicyclic amines) is 1. The van der Waals surface area contributed by atoms with Crippen molar-refractivity contribution < 1.29 is 19.0 Å². The summed E-state index contributed by atoms with van der Waals surface area (Å²) in [4.78, 5) is 14.6. The number of hydrogen-bond donors (Lipinski definition) is 0. The molecule has 0 bridgehead atoms. The maximum absolute atomic E-state index is 12.7. The molecule has 6 nitrogen and oxygen atoms in total. The molecular weight excluding hydrogens is 404 g/mol. The molecule has 0 aliphatic carbocycles. The first-order chi connectivity index (χ1) is 15.4. The zero-order chi connectivity index (χ0) is 22.6.